The number of amides is 2. The Labute approximate surface area is 160 Å². The Morgan fingerprint density at radius 1 is 1.19 bits per heavy atom. The first-order chi connectivity index (χ1) is 12.9. The zero-order valence-corrected chi connectivity index (χ0v) is 15.3. The number of benzene rings is 2. The lowest BCUT2D eigenvalue weighted by molar-refractivity contribution is -0.384. The van der Waals surface area contributed by atoms with Crippen LogP contribution in [0.15, 0.2) is 42.5 Å². The molecule has 2 aromatic carbocycles. The van der Waals surface area contributed by atoms with E-state index < -0.39 is 10.8 Å². The summed E-state index contributed by atoms with van der Waals surface area (Å²) in [6, 6.07) is 10.5. The van der Waals surface area contributed by atoms with Crippen molar-refractivity contribution >= 4 is 34.8 Å². The molecule has 0 aliphatic carbocycles. The van der Waals surface area contributed by atoms with Crippen molar-refractivity contribution in [3.63, 3.8) is 0 Å². The first-order valence-electron chi connectivity index (χ1n) is 8.06. The van der Waals surface area contributed by atoms with Gasteiger partial charge in [-0.25, -0.2) is 0 Å². The molecule has 2 amide bonds. The summed E-state index contributed by atoms with van der Waals surface area (Å²) in [6.45, 7) is 0.235. The maximum atomic E-state index is 12.2. The minimum atomic E-state index is -0.586. The van der Waals surface area contributed by atoms with E-state index in [1.807, 2.05) is 0 Å². The van der Waals surface area contributed by atoms with Crippen molar-refractivity contribution in [2.45, 2.75) is 12.8 Å². The number of anilines is 1. The monoisotopic (exact) mass is 391 g/mol. The number of halogens is 1. The van der Waals surface area contributed by atoms with Crippen LogP contribution in [0, 0.1) is 10.1 Å². The summed E-state index contributed by atoms with van der Waals surface area (Å²) in [7, 11) is 1.37. The van der Waals surface area contributed by atoms with Gasteiger partial charge in [-0.1, -0.05) is 11.6 Å². The Morgan fingerprint density at radius 2 is 1.89 bits per heavy atom. The number of nitro benzene ring substituents is 1. The number of nitrogens with one attached hydrogen (secondary N) is 2. The van der Waals surface area contributed by atoms with Gasteiger partial charge in [0.15, 0.2) is 0 Å². The molecular weight excluding hydrogens is 374 g/mol. The number of carbonyl (C=O) groups excluding carboxylic acids is 2. The molecule has 0 unspecified atom stereocenters. The van der Waals surface area contributed by atoms with Crippen LogP contribution >= 0.6 is 11.6 Å². The lowest BCUT2D eigenvalue weighted by atomic mass is 10.1. The number of carbonyl (C=O) groups is 2. The molecule has 0 radical (unpaired) electrons. The van der Waals surface area contributed by atoms with Gasteiger partial charge < -0.3 is 15.4 Å². The molecule has 9 heteroatoms. The largest absolute Gasteiger partial charge is 0.496 e. The highest BCUT2D eigenvalue weighted by atomic mass is 35.5. The van der Waals surface area contributed by atoms with Crippen molar-refractivity contribution in [1.29, 1.82) is 0 Å². The van der Waals surface area contributed by atoms with Crippen molar-refractivity contribution in [2.24, 2.45) is 0 Å². The average Bonchev–Trinajstić information content (AvgIpc) is 2.66. The number of nitrogens with zero attached hydrogens (tertiary/aromatic N) is 1. The van der Waals surface area contributed by atoms with E-state index in [4.69, 9.17) is 16.3 Å². The van der Waals surface area contributed by atoms with Crippen LogP contribution in [0.1, 0.15) is 23.2 Å². The van der Waals surface area contributed by atoms with Gasteiger partial charge in [0, 0.05) is 35.8 Å². The van der Waals surface area contributed by atoms with Crippen LogP contribution in [0.4, 0.5) is 11.4 Å². The third-order valence-electron chi connectivity index (χ3n) is 3.63. The summed E-state index contributed by atoms with van der Waals surface area (Å²) in [5.41, 5.74) is 0.496. The summed E-state index contributed by atoms with van der Waals surface area (Å²) in [4.78, 5) is 34.4. The van der Waals surface area contributed by atoms with Crippen molar-refractivity contribution in [3.8, 4) is 5.75 Å². The Kier molecular flexibility index (Phi) is 7.13. The Balaban J connectivity index is 1.83. The summed E-state index contributed by atoms with van der Waals surface area (Å²) < 4.78 is 5.06. The predicted octanol–water partition coefficient (Wildman–Crippen LogP) is 3.41. The van der Waals surface area contributed by atoms with Crippen LogP contribution in [0.2, 0.25) is 5.02 Å². The third-order valence-corrected chi connectivity index (χ3v) is 3.88. The highest BCUT2D eigenvalue weighted by molar-refractivity contribution is 6.30. The number of hydrogen-bond donors (Lipinski definition) is 2. The number of ether oxygens (including phenoxy) is 1. The van der Waals surface area contributed by atoms with Gasteiger partial charge >= 0.3 is 0 Å². The molecule has 0 saturated heterocycles. The highest BCUT2D eigenvalue weighted by Gasteiger charge is 2.17. The summed E-state index contributed by atoms with van der Waals surface area (Å²) in [5, 5.41) is 16.8. The topological polar surface area (TPSA) is 111 Å². The van der Waals surface area contributed by atoms with Gasteiger partial charge in [-0.05, 0) is 36.8 Å². The molecule has 0 heterocycles. The molecule has 0 aliphatic heterocycles. The van der Waals surface area contributed by atoms with Crippen LogP contribution in [0.25, 0.3) is 0 Å². The normalized spacial score (nSPS) is 10.1. The predicted molar refractivity (Wildman–Crippen MR) is 101 cm³/mol. The van der Waals surface area contributed by atoms with Crippen LogP contribution in [0.5, 0.6) is 5.75 Å². The molecule has 0 spiro atoms. The van der Waals surface area contributed by atoms with E-state index in [1.54, 1.807) is 24.3 Å². The van der Waals surface area contributed by atoms with E-state index >= 15 is 0 Å². The fourth-order valence-corrected chi connectivity index (χ4v) is 2.42. The number of hydrogen-bond acceptors (Lipinski definition) is 5. The molecule has 0 aliphatic rings. The number of non-ortho nitro benzene ring substituents is 1. The minimum Gasteiger partial charge on any atom is -0.496 e. The molecule has 27 heavy (non-hydrogen) atoms. The zero-order valence-electron chi connectivity index (χ0n) is 14.5. The first-order valence-corrected chi connectivity index (χ1v) is 8.44. The van der Waals surface area contributed by atoms with Crippen LogP contribution in [0.3, 0.4) is 0 Å². The van der Waals surface area contributed by atoms with Gasteiger partial charge in [0.2, 0.25) is 5.91 Å². The Bertz CT molecular complexity index is 839. The molecule has 0 atom stereocenters. The molecule has 8 nitrogen and oxygen atoms in total. The lowest BCUT2D eigenvalue weighted by Gasteiger charge is -2.09. The smallest absolute Gasteiger partial charge is 0.270 e. The fourth-order valence-electron chi connectivity index (χ4n) is 2.29. The maximum Gasteiger partial charge on any atom is 0.270 e. The van der Waals surface area contributed by atoms with Gasteiger partial charge in [0.25, 0.3) is 11.6 Å². The lowest BCUT2D eigenvalue weighted by Crippen LogP contribution is -2.26. The van der Waals surface area contributed by atoms with Crippen molar-refractivity contribution in [3.05, 3.63) is 63.2 Å². The molecule has 2 N–H and O–H groups in total. The van der Waals surface area contributed by atoms with Crippen LogP contribution < -0.4 is 15.4 Å². The van der Waals surface area contributed by atoms with Crippen LogP contribution in [-0.4, -0.2) is 30.4 Å². The molecule has 2 rings (SSSR count). The molecule has 0 fully saturated rings. The number of methoxy groups -OCH3 is 1. The quantitative estimate of drug-likeness (QED) is 0.407. The highest BCUT2D eigenvalue weighted by Crippen LogP contribution is 2.23. The Morgan fingerprint density at radius 3 is 2.52 bits per heavy atom. The standard InChI is InChI=1S/C18H18ClN3O5/c1-27-16-9-8-14(22(25)26)11-15(16)18(24)20-10-2-3-17(23)21-13-6-4-12(19)5-7-13/h4-9,11H,2-3,10H2,1H3,(H,20,24)(H,21,23). The second-order valence-corrected chi connectivity index (χ2v) is 5.99. The van der Waals surface area contributed by atoms with Gasteiger partial charge in [0.1, 0.15) is 5.75 Å². The van der Waals surface area contributed by atoms with Crippen molar-refractivity contribution in [2.75, 3.05) is 19.0 Å². The van der Waals surface area contributed by atoms with E-state index in [2.05, 4.69) is 10.6 Å². The second-order valence-electron chi connectivity index (χ2n) is 5.56. The first kappa shape index (κ1) is 20.2. The summed E-state index contributed by atoms with van der Waals surface area (Å²) in [6.07, 6.45) is 0.609. The van der Waals surface area contributed by atoms with Gasteiger partial charge in [-0.3, -0.25) is 19.7 Å². The number of rotatable bonds is 8. The SMILES string of the molecule is COc1ccc([N+](=O)[O-])cc1C(=O)NCCCC(=O)Nc1ccc(Cl)cc1. The second kappa shape index (κ2) is 9.54. The molecule has 0 saturated carbocycles. The summed E-state index contributed by atoms with van der Waals surface area (Å²) >= 11 is 5.78. The zero-order chi connectivity index (χ0) is 19.8. The maximum absolute atomic E-state index is 12.2. The molecule has 0 bridgehead atoms. The van der Waals surface area contributed by atoms with E-state index in [9.17, 15) is 19.7 Å². The van der Waals surface area contributed by atoms with Crippen molar-refractivity contribution < 1.29 is 19.2 Å². The third kappa shape index (κ3) is 5.96. The summed E-state index contributed by atoms with van der Waals surface area (Å²) in [5.74, 6) is -0.466. The van der Waals surface area contributed by atoms with Gasteiger partial charge in [-0.2, -0.15) is 0 Å². The molecule has 0 aromatic heterocycles. The van der Waals surface area contributed by atoms with E-state index in [0.717, 1.165) is 6.07 Å². The fraction of sp³-hybridized carbons (Fsp3) is 0.222. The average molecular weight is 392 g/mol. The molecular formula is C18H18ClN3O5. The van der Waals surface area contributed by atoms with E-state index in [1.165, 1.54) is 19.2 Å². The van der Waals surface area contributed by atoms with Crippen molar-refractivity contribution in [1.82, 2.24) is 5.32 Å². The number of nitro groups is 1. The molecule has 142 valence electrons. The Hall–Kier alpha value is -3.13. The van der Waals surface area contributed by atoms with E-state index in [0.29, 0.717) is 17.1 Å². The molecule has 2 aromatic rings. The van der Waals surface area contributed by atoms with E-state index in [-0.39, 0.29) is 35.9 Å². The van der Waals surface area contributed by atoms with Gasteiger partial charge in [0.05, 0.1) is 17.6 Å². The van der Waals surface area contributed by atoms with Crippen LogP contribution in [-0.2, 0) is 4.79 Å². The van der Waals surface area contributed by atoms with Gasteiger partial charge in [-0.15, -0.1) is 0 Å². The minimum absolute atomic E-state index is 0.0670.